The van der Waals surface area contributed by atoms with Crippen LogP contribution in [0.4, 0.5) is 10.1 Å². The third kappa shape index (κ3) is 2.27. The summed E-state index contributed by atoms with van der Waals surface area (Å²) in [6, 6.07) is 11.4. The minimum atomic E-state index is -0.563. The number of ether oxygens (including phenoxy) is 1. The molecule has 0 aromatic heterocycles. The van der Waals surface area contributed by atoms with Gasteiger partial charge in [0.1, 0.15) is 11.6 Å². The fourth-order valence-electron chi connectivity index (χ4n) is 3.83. The molecule has 1 N–H and O–H groups in total. The summed E-state index contributed by atoms with van der Waals surface area (Å²) in [6.07, 6.45) is 1.73. The molecule has 4 nitrogen and oxygen atoms in total. The second-order valence-electron chi connectivity index (χ2n) is 6.46. The first-order valence-corrected chi connectivity index (χ1v) is 8.08. The summed E-state index contributed by atoms with van der Waals surface area (Å²) >= 11 is 0. The number of hydrogen-bond donors (Lipinski definition) is 1. The quantitative estimate of drug-likeness (QED) is 0.875. The number of hydrogen-bond acceptors (Lipinski definition) is 3. The van der Waals surface area contributed by atoms with Gasteiger partial charge in [-0.1, -0.05) is 18.2 Å². The van der Waals surface area contributed by atoms with E-state index < -0.39 is 5.82 Å². The third-order valence-corrected chi connectivity index (χ3v) is 5.11. The largest absolute Gasteiger partial charge is 0.507 e. The van der Waals surface area contributed by atoms with Crippen molar-refractivity contribution in [1.82, 2.24) is 0 Å². The van der Waals surface area contributed by atoms with Gasteiger partial charge in [0, 0.05) is 36.9 Å². The molecule has 1 amide bonds. The van der Waals surface area contributed by atoms with Crippen LogP contribution in [0.3, 0.4) is 0 Å². The first kappa shape index (κ1) is 15.1. The maximum absolute atomic E-state index is 13.2. The molecule has 24 heavy (non-hydrogen) atoms. The predicted octanol–water partition coefficient (Wildman–Crippen LogP) is 3.24. The number of fused-ring (bicyclic) bond motifs is 2. The van der Waals surface area contributed by atoms with Crippen molar-refractivity contribution in [3.8, 4) is 5.75 Å². The Bertz CT molecular complexity index is 799. The van der Waals surface area contributed by atoms with Crippen LogP contribution in [0.25, 0.3) is 0 Å². The van der Waals surface area contributed by atoms with E-state index in [0.29, 0.717) is 19.8 Å². The molecule has 2 aromatic rings. The number of carbonyl (C=O) groups excluding carboxylic acids is 1. The van der Waals surface area contributed by atoms with Crippen LogP contribution < -0.4 is 4.90 Å². The first-order chi connectivity index (χ1) is 11.6. The van der Waals surface area contributed by atoms with E-state index in [0.717, 1.165) is 30.2 Å². The summed E-state index contributed by atoms with van der Waals surface area (Å²) in [5, 5.41) is 9.96. The number of benzene rings is 2. The lowest BCUT2D eigenvalue weighted by atomic mass is 9.76. The lowest BCUT2D eigenvalue weighted by molar-refractivity contribution is 0.0547. The zero-order chi connectivity index (χ0) is 16.7. The molecule has 4 rings (SSSR count). The van der Waals surface area contributed by atoms with E-state index in [-0.39, 0.29) is 22.6 Å². The highest BCUT2D eigenvalue weighted by molar-refractivity contribution is 6.09. The average Bonchev–Trinajstić information content (AvgIpc) is 2.90. The van der Waals surface area contributed by atoms with Gasteiger partial charge in [-0.25, -0.2) is 4.39 Å². The van der Waals surface area contributed by atoms with E-state index in [1.807, 2.05) is 18.2 Å². The molecule has 124 valence electrons. The van der Waals surface area contributed by atoms with Gasteiger partial charge in [0.2, 0.25) is 0 Å². The molecule has 1 spiro atoms. The Morgan fingerprint density at radius 3 is 2.67 bits per heavy atom. The van der Waals surface area contributed by atoms with Crippen LogP contribution in [0.5, 0.6) is 5.75 Å². The van der Waals surface area contributed by atoms with Gasteiger partial charge in [-0.3, -0.25) is 4.79 Å². The molecule has 1 saturated heterocycles. The molecule has 1 fully saturated rings. The fourth-order valence-corrected chi connectivity index (χ4v) is 3.83. The molecule has 0 aliphatic carbocycles. The number of phenols is 1. The van der Waals surface area contributed by atoms with E-state index in [9.17, 15) is 14.3 Å². The Labute approximate surface area is 139 Å². The van der Waals surface area contributed by atoms with E-state index in [1.165, 1.54) is 12.1 Å². The van der Waals surface area contributed by atoms with Crippen molar-refractivity contribution in [1.29, 1.82) is 0 Å². The van der Waals surface area contributed by atoms with Crippen molar-refractivity contribution in [3.05, 3.63) is 59.4 Å². The highest BCUT2D eigenvalue weighted by Crippen LogP contribution is 2.47. The lowest BCUT2D eigenvalue weighted by Gasteiger charge is -2.34. The maximum atomic E-state index is 13.2. The Kier molecular flexibility index (Phi) is 3.53. The predicted molar refractivity (Wildman–Crippen MR) is 87.9 cm³/mol. The topological polar surface area (TPSA) is 49.8 Å². The van der Waals surface area contributed by atoms with Crippen LogP contribution in [-0.4, -0.2) is 30.8 Å². The highest BCUT2D eigenvalue weighted by Gasteiger charge is 2.45. The fraction of sp³-hybridized carbons (Fsp3) is 0.316. The minimum Gasteiger partial charge on any atom is -0.507 e. The number of halogens is 1. The molecule has 2 aliphatic heterocycles. The Morgan fingerprint density at radius 1 is 1.17 bits per heavy atom. The number of nitrogens with zero attached hydrogens (tertiary/aromatic N) is 1. The SMILES string of the molecule is O=C(c1ccc(F)cc1O)N1CC2(CCOCC2)c2ccccc21. The summed E-state index contributed by atoms with van der Waals surface area (Å²) in [5.74, 6) is -1.19. The summed E-state index contributed by atoms with van der Waals surface area (Å²) in [5.41, 5.74) is 2.05. The second-order valence-corrected chi connectivity index (χ2v) is 6.46. The van der Waals surface area contributed by atoms with Crippen molar-refractivity contribution in [2.24, 2.45) is 0 Å². The number of para-hydroxylation sites is 1. The Hall–Kier alpha value is -2.40. The summed E-state index contributed by atoms with van der Waals surface area (Å²) in [6.45, 7) is 1.92. The summed E-state index contributed by atoms with van der Waals surface area (Å²) in [4.78, 5) is 14.7. The standard InChI is InChI=1S/C19H18FNO3/c20-13-5-6-14(17(22)11-13)18(23)21-12-19(7-9-24-10-8-19)15-3-1-2-4-16(15)21/h1-6,11,22H,7-10,12H2. The van der Waals surface area contributed by atoms with Gasteiger partial charge in [0.15, 0.2) is 0 Å². The molecule has 0 unspecified atom stereocenters. The summed E-state index contributed by atoms with van der Waals surface area (Å²) < 4.78 is 18.7. The van der Waals surface area contributed by atoms with Crippen LogP contribution in [0.1, 0.15) is 28.8 Å². The number of phenolic OH excluding ortho intramolecular Hbond substituents is 1. The Morgan fingerprint density at radius 2 is 1.92 bits per heavy atom. The van der Waals surface area contributed by atoms with Crippen LogP contribution in [0.15, 0.2) is 42.5 Å². The molecular formula is C19H18FNO3. The molecule has 2 aliphatic rings. The molecule has 5 heteroatoms. The second kappa shape index (κ2) is 5.60. The van der Waals surface area contributed by atoms with Gasteiger partial charge in [-0.15, -0.1) is 0 Å². The normalized spacial score (nSPS) is 18.6. The number of rotatable bonds is 1. The van der Waals surface area contributed by atoms with Crippen molar-refractivity contribution < 1.29 is 19.0 Å². The molecule has 2 aromatic carbocycles. The lowest BCUT2D eigenvalue weighted by Crippen LogP contribution is -2.40. The van der Waals surface area contributed by atoms with Gasteiger partial charge in [0.05, 0.1) is 5.56 Å². The van der Waals surface area contributed by atoms with Crippen molar-refractivity contribution in [2.75, 3.05) is 24.7 Å². The van der Waals surface area contributed by atoms with Gasteiger partial charge >= 0.3 is 0 Å². The monoisotopic (exact) mass is 327 g/mol. The smallest absolute Gasteiger partial charge is 0.262 e. The van der Waals surface area contributed by atoms with Crippen LogP contribution in [0, 0.1) is 5.82 Å². The van der Waals surface area contributed by atoms with E-state index in [2.05, 4.69) is 6.07 Å². The molecular weight excluding hydrogens is 309 g/mol. The third-order valence-electron chi connectivity index (χ3n) is 5.11. The minimum absolute atomic E-state index is 0.0971. The summed E-state index contributed by atoms with van der Waals surface area (Å²) in [7, 11) is 0. The van der Waals surface area contributed by atoms with Crippen LogP contribution in [-0.2, 0) is 10.2 Å². The van der Waals surface area contributed by atoms with Crippen molar-refractivity contribution >= 4 is 11.6 Å². The number of anilines is 1. The molecule has 0 bridgehead atoms. The van der Waals surface area contributed by atoms with E-state index >= 15 is 0 Å². The zero-order valence-corrected chi connectivity index (χ0v) is 13.2. The molecule has 0 radical (unpaired) electrons. The van der Waals surface area contributed by atoms with E-state index in [1.54, 1.807) is 4.90 Å². The maximum Gasteiger partial charge on any atom is 0.262 e. The molecule has 0 saturated carbocycles. The average molecular weight is 327 g/mol. The van der Waals surface area contributed by atoms with Crippen LogP contribution in [0.2, 0.25) is 0 Å². The van der Waals surface area contributed by atoms with Crippen LogP contribution >= 0.6 is 0 Å². The zero-order valence-electron chi connectivity index (χ0n) is 13.2. The number of aromatic hydroxyl groups is 1. The molecule has 0 atom stereocenters. The number of amides is 1. The van der Waals surface area contributed by atoms with Gasteiger partial charge in [-0.05, 0) is 36.6 Å². The molecule has 2 heterocycles. The van der Waals surface area contributed by atoms with Gasteiger partial charge in [-0.2, -0.15) is 0 Å². The van der Waals surface area contributed by atoms with Crippen molar-refractivity contribution in [2.45, 2.75) is 18.3 Å². The van der Waals surface area contributed by atoms with E-state index in [4.69, 9.17) is 4.74 Å². The van der Waals surface area contributed by atoms with Gasteiger partial charge < -0.3 is 14.7 Å². The number of carbonyl (C=O) groups is 1. The van der Waals surface area contributed by atoms with Crippen molar-refractivity contribution in [3.63, 3.8) is 0 Å². The van der Waals surface area contributed by atoms with Gasteiger partial charge in [0.25, 0.3) is 5.91 Å². The highest BCUT2D eigenvalue weighted by atomic mass is 19.1. The first-order valence-electron chi connectivity index (χ1n) is 8.08. The Balaban J connectivity index is 1.75.